The smallest absolute Gasteiger partial charge is 0.140 e. The summed E-state index contributed by atoms with van der Waals surface area (Å²) in [6.07, 6.45) is 7.12. The van der Waals surface area contributed by atoms with Gasteiger partial charge in [0, 0.05) is 55.6 Å². The molecule has 0 radical (unpaired) electrons. The van der Waals surface area contributed by atoms with E-state index in [9.17, 15) is 4.39 Å². The highest BCUT2D eigenvalue weighted by Crippen LogP contribution is 2.23. The minimum Gasteiger partial charge on any atom is -0.401 e. The number of nitrogens with two attached hydrogens (primary N) is 1. The van der Waals surface area contributed by atoms with Crippen LogP contribution in [0.1, 0.15) is 25.3 Å². The molecule has 2 aromatic carbocycles. The molecule has 1 aromatic heterocycles. The van der Waals surface area contributed by atoms with Gasteiger partial charge < -0.3 is 16.0 Å². The van der Waals surface area contributed by atoms with E-state index in [2.05, 4.69) is 34.3 Å². The molecule has 0 atom stereocenters. The van der Waals surface area contributed by atoms with Crippen LogP contribution in [0, 0.1) is 5.82 Å². The second-order valence-electron chi connectivity index (χ2n) is 9.57. The topological polar surface area (TPSA) is 87.1 Å². The van der Waals surface area contributed by atoms with Gasteiger partial charge in [-0.25, -0.2) is 9.38 Å². The molecule has 1 saturated heterocycles. The van der Waals surface area contributed by atoms with E-state index in [-0.39, 0.29) is 5.82 Å². The molecule has 0 amide bonds. The summed E-state index contributed by atoms with van der Waals surface area (Å²) >= 11 is 0. The van der Waals surface area contributed by atoms with Gasteiger partial charge in [0.05, 0.1) is 30.0 Å². The van der Waals surface area contributed by atoms with Crippen molar-refractivity contribution in [2.75, 3.05) is 38.5 Å². The number of anilines is 1. The molecule has 3 heterocycles. The van der Waals surface area contributed by atoms with Gasteiger partial charge in [-0.3, -0.25) is 9.69 Å². The Morgan fingerprint density at radius 3 is 2.76 bits per heavy atom. The van der Waals surface area contributed by atoms with E-state index in [4.69, 9.17) is 15.8 Å². The highest BCUT2D eigenvalue weighted by atomic mass is 19.1. The first kappa shape index (κ1) is 24.7. The summed E-state index contributed by atoms with van der Waals surface area (Å²) < 4.78 is 15.5. The van der Waals surface area contributed by atoms with Crippen LogP contribution in [0.25, 0.3) is 10.9 Å². The van der Waals surface area contributed by atoms with Crippen LogP contribution >= 0.6 is 0 Å². The fraction of sp³-hybridized carbons (Fsp3) is 0.321. The van der Waals surface area contributed by atoms with E-state index < -0.39 is 0 Å². The van der Waals surface area contributed by atoms with Crippen LogP contribution in [0.15, 0.2) is 81.8 Å². The van der Waals surface area contributed by atoms with Crippen LogP contribution in [0.3, 0.4) is 0 Å². The molecule has 37 heavy (non-hydrogen) atoms. The maximum atomic E-state index is 13.6. The highest BCUT2D eigenvalue weighted by molar-refractivity contribution is 6.21. The number of nitrogens with one attached hydrogen (secondary N) is 1. The van der Waals surface area contributed by atoms with Crippen LogP contribution in [0.4, 0.5) is 10.1 Å². The molecule has 192 valence electrons. The molecule has 0 aliphatic carbocycles. The Bertz CT molecular complexity index is 1390. The second-order valence-corrected chi connectivity index (χ2v) is 9.57. The molecular weight excluding hydrogens is 467 g/mol. The van der Waals surface area contributed by atoms with Crippen molar-refractivity contribution in [3.05, 3.63) is 83.1 Å². The zero-order valence-electron chi connectivity index (χ0n) is 21.4. The number of allylic oxidation sites excluding steroid dienone is 1. The first-order chi connectivity index (χ1) is 18.0. The summed E-state index contributed by atoms with van der Waals surface area (Å²) in [5, 5.41) is 15.8. The van der Waals surface area contributed by atoms with E-state index in [1.54, 1.807) is 6.07 Å². The van der Waals surface area contributed by atoms with Gasteiger partial charge >= 0.3 is 0 Å². The van der Waals surface area contributed by atoms with Crippen molar-refractivity contribution in [3.8, 4) is 0 Å². The summed E-state index contributed by atoms with van der Waals surface area (Å²) in [7, 11) is 2.13. The van der Waals surface area contributed by atoms with Crippen molar-refractivity contribution >= 4 is 28.6 Å². The molecular formula is C28H33FN8. The third-order valence-corrected chi connectivity index (χ3v) is 6.80. The van der Waals surface area contributed by atoms with Crippen molar-refractivity contribution in [3.63, 3.8) is 0 Å². The number of piperazine rings is 1. The fourth-order valence-electron chi connectivity index (χ4n) is 4.51. The number of aromatic nitrogens is 2. The van der Waals surface area contributed by atoms with Crippen molar-refractivity contribution in [2.24, 2.45) is 15.8 Å². The summed E-state index contributed by atoms with van der Waals surface area (Å²) in [5.74, 6) is 0.425. The third kappa shape index (κ3) is 5.89. The number of hydrazone groups is 1. The quantitative estimate of drug-likeness (QED) is 0.496. The maximum absolute atomic E-state index is 13.6. The third-order valence-electron chi connectivity index (χ3n) is 6.80. The van der Waals surface area contributed by atoms with Crippen LogP contribution in [0.5, 0.6) is 0 Å². The van der Waals surface area contributed by atoms with E-state index >= 15 is 0 Å². The van der Waals surface area contributed by atoms with Gasteiger partial charge in [-0.15, -0.1) is 0 Å². The number of amidine groups is 1. The first-order valence-electron chi connectivity index (χ1n) is 12.7. The van der Waals surface area contributed by atoms with E-state index in [1.165, 1.54) is 17.7 Å². The number of hydrogen-bond acceptors (Lipinski definition) is 7. The molecule has 2 aliphatic heterocycles. The molecule has 3 aromatic rings. The monoisotopic (exact) mass is 500 g/mol. The van der Waals surface area contributed by atoms with E-state index in [0.717, 1.165) is 66.0 Å². The summed E-state index contributed by atoms with van der Waals surface area (Å²) in [5.41, 5.74) is 12.0. The van der Waals surface area contributed by atoms with Crippen LogP contribution in [-0.2, 0) is 6.54 Å². The van der Waals surface area contributed by atoms with Crippen molar-refractivity contribution < 1.29 is 4.39 Å². The minimum atomic E-state index is -0.246. The Hall–Kier alpha value is -3.98. The van der Waals surface area contributed by atoms with Gasteiger partial charge in [-0.2, -0.15) is 10.2 Å². The number of fused-ring (bicyclic) bond motifs is 1. The molecule has 0 saturated carbocycles. The Kier molecular flexibility index (Phi) is 7.32. The van der Waals surface area contributed by atoms with Gasteiger partial charge in [-0.1, -0.05) is 19.1 Å². The number of hydrogen-bond donors (Lipinski definition) is 2. The Balaban J connectivity index is 1.38. The summed E-state index contributed by atoms with van der Waals surface area (Å²) in [6, 6.07) is 12.6. The summed E-state index contributed by atoms with van der Waals surface area (Å²) in [6.45, 7) is 6.35. The molecule has 5 rings (SSSR count). The molecule has 8 nitrogen and oxygen atoms in total. The number of likely N-dealkylation sites (N-methyl/N-ethyl adjacent to an activating group) is 1. The lowest BCUT2D eigenvalue weighted by atomic mass is 10.1. The zero-order chi connectivity index (χ0) is 25.8. The van der Waals surface area contributed by atoms with Gasteiger partial charge in [0.25, 0.3) is 0 Å². The molecule has 2 aliphatic rings. The van der Waals surface area contributed by atoms with Crippen molar-refractivity contribution in [1.29, 1.82) is 0 Å². The molecule has 0 unspecified atom stereocenters. The lowest BCUT2D eigenvalue weighted by molar-refractivity contribution is 0.159. The molecule has 3 N–H and O–H groups in total. The highest BCUT2D eigenvalue weighted by Gasteiger charge is 2.17. The number of halogens is 1. The largest absolute Gasteiger partial charge is 0.401 e. The lowest BCUT2D eigenvalue weighted by Gasteiger charge is -2.30. The van der Waals surface area contributed by atoms with Gasteiger partial charge in [-0.05, 0) is 54.9 Å². The molecule has 1 fully saturated rings. The Labute approximate surface area is 216 Å². The molecule has 9 heteroatoms. The Morgan fingerprint density at radius 2 is 1.97 bits per heavy atom. The Morgan fingerprint density at radius 1 is 1.14 bits per heavy atom. The standard InChI is InChI=1S/C28H33FN8/c1-3-20-14-26(30)25(18-32-36-11-9-35(2)10-12-36)28(31-16-20)34-24-7-8-27-22(15-24)17-33-37(27)19-21-5-4-6-23(29)13-21/h4-8,13,15-18H,3,9-12,14,19,30H2,1-2H3,(H,31,34)/b32-18+. The number of nitrogens with zero attached hydrogens (tertiary/aromatic N) is 6. The predicted octanol–water partition coefficient (Wildman–Crippen LogP) is 4.18. The van der Waals surface area contributed by atoms with Crippen LogP contribution < -0.4 is 11.1 Å². The zero-order valence-corrected chi connectivity index (χ0v) is 21.4. The van der Waals surface area contributed by atoms with E-state index in [1.807, 2.05) is 47.6 Å². The van der Waals surface area contributed by atoms with E-state index in [0.29, 0.717) is 18.8 Å². The normalized spacial score (nSPS) is 17.3. The number of benzene rings is 2. The van der Waals surface area contributed by atoms with Crippen LogP contribution in [0.2, 0.25) is 0 Å². The lowest BCUT2D eigenvalue weighted by Crippen LogP contribution is -2.42. The number of rotatable bonds is 6. The average Bonchev–Trinajstić information content (AvgIpc) is 3.21. The van der Waals surface area contributed by atoms with Gasteiger partial charge in [0.2, 0.25) is 0 Å². The minimum absolute atomic E-state index is 0.246. The average molecular weight is 501 g/mol. The van der Waals surface area contributed by atoms with Gasteiger partial charge in [0.15, 0.2) is 0 Å². The second kappa shape index (κ2) is 11.0. The molecule has 0 spiro atoms. The first-order valence-corrected chi connectivity index (χ1v) is 12.7. The molecule has 0 bridgehead atoms. The SMILES string of the molecule is CCC1=CN=C(Nc2ccc3c(cnn3Cc3cccc(F)c3)c2)C(/C=N/N2CCN(C)CC2)=C(N)C1. The predicted molar refractivity (Wildman–Crippen MR) is 148 cm³/mol. The van der Waals surface area contributed by atoms with Crippen molar-refractivity contribution in [2.45, 2.75) is 26.3 Å². The summed E-state index contributed by atoms with van der Waals surface area (Å²) in [4.78, 5) is 7.06. The van der Waals surface area contributed by atoms with Gasteiger partial charge in [0.1, 0.15) is 11.7 Å². The fourth-order valence-corrected chi connectivity index (χ4v) is 4.51. The number of aliphatic imine (C=N–C) groups is 1. The van der Waals surface area contributed by atoms with Crippen LogP contribution in [-0.4, -0.2) is 65.0 Å². The maximum Gasteiger partial charge on any atom is 0.140 e. The van der Waals surface area contributed by atoms with Crippen molar-refractivity contribution in [1.82, 2.24) is 19.7 Å².